The normalized spacial score (nSPS) is 10.9. The molecule has 0 aliphatic heterocycles. The number of hydrogen-bond donors (Lipinski definition) is 1. The summed E-state index contributed by atoms with van der Waals surface area (Å²) in [5, 5.41) is 4.96. The van der Waals surface area contributed by atoms with E-state index in [1.54, 1.807) is 0 Å². The van der Waals surface area contributed by atoms with Gasteiger partial charge in [0.2, 0.25) is 0 Å². The van der Waals surface area contributed by atoms with Crippen molar-refractivity contribution in [2.24, 2.45) is 0 Å². The Kier molecular flexibility index (Phi) is 5.17. The molecule has 2 nitrogen and oxygen atoms in total. The molecule has 0 amide bonds. The van der Waals surface area contributed by atoms with Gasteiger partial charge in [-0.15, -0.1) is 6.58 Å². The Morgan fingerprint density at radius 3 is 3.06 bits per heavy atom. The quantitative estimate of drug-likeness (QED) is 0.611. The Morgan fingerprint density at radius 2 is 2.22 bits per heavy atom. The second kappa shape index (κ2) is 6.88. The summed E-state index contributed by atoms with van der Waals surface area (Å²) in [7, 11) is 0. The summed E-state index contributed by atoms with van der Waals surface area (Å²) in [4.78, 5) is 0. The van der Waals surface area contributed by atoms with Gasteiger partial charge >= 0.3 is 0 Å². The zero-order chi connectivity index (χ0) is 12.8. The fraction of sp³-hybridized carbons (Fsp3) is 0.286. The van der Waals surface area contributed by atoms with Crippen LogP contribution in [0.25, 0.3) is 11.0 Å². The van der Waals surface area contributed by atoms with Gasteiger partial charge in [-0.2, -0.15) is 11.8 Å². The van der Waals surface area contributed by atoms with Gasteiger partial charge in [0.25, 0.3) is 0 Å². The van der Waals surface area contributed by atoms with E-state index in [1.807, 2.05) is 42.1 Å². The smallest absolute Gasteiger partial charge is 0.199 e. The highest BCUT2D eigenvalue weighted by Crippen LogP contribution is 2.29. The average molecular weight is 282 g/mol. The van der Waals surface area contributed by atoms with Gasteiger partial charge in [-0.05, 0) is 17.7 Å². The molecule has 0 aliphatic carbocycles. The maximum Gasteiger partial charge on any atom is 0.199 e. The molecule has 4 heteroatoms. The fourth-order valence-electron chi connectivity index (χ4n) is 1.76. The van der Waals surface area contributed by atoms with Crippen molar-refractivity contribution in [2.45, 2.75) is 6.54 Å². The molecule has 1 aromatic heterocycles. The van der Waals surface area contributed by atoms with Gasteiger partial charge in [0.1, 0.15) is 5.58 Å². The number of benzene rings is 1. The van der Waals surface area contributed by atoms with Crippen molar-refractivity contribution >= 4 is 34.3 Å². The van der Waals surface area contributed by atoms with Gasteiger partial charge in [0.05, 0.1) is 0 Å². The third-order valence-electron chi connectivity index (χ3n) is 2.61. The topological polar surface area (TPSA) is 25.2 Å². The van der Waals surface area contributed by atoms with Crippen LogP contribution in [0.4, 0.5) is 0 Å². The predicted molar refractivity (Wildman–Crippen MR) is 80.5 cm³/mol. The molecule has 0 aliphatic rings. The lowest BCUT2D eigenvalue weighted by Crippen LogP contribution is -2.16. The van der Waals surface area contributed by atoms with Crippen LogP contribution in [-0.4, -0.2) is 18.1 Å². The second-order valence-electron chi connectivity index (χ2n) is 3.89. The Morgan fingerprint density at radius 1 is 1.39 bits per heavy atom. The van der Waals surface area contributed by atoms with Crippen LogP contribution in [-0.2, 0) is 6.54 Å². The molecule has 1 N–H and O–H groups in total. The van der Waals surface area contributed by atoms with Crippen LogP contribution in [0.1, 0.15) is 5.56 Å². The monoisotopic (exact) mass is 281 g/mol. The molecule has 0 spiro atoms. The van der Waals surface area contributed by atoms with E-state index in [0.717, 1.165) is 41.1 Å². The van der Waals surface area contributed by atoms with Gasteiger partial charge in [-0.3, -0.25) is 0 Å². The highest BCUT2D eigenvalue weighted by molar-refractivity contribution is 7.99. The lowest BCUT2D eigenvalue weighted by Gasteiger charge is -2.03. The third kappa shape index (κ3) is 3.31. The first kappa shape index (κ1) is 13.5. The molecule has 1 aromatic carbocycles. The van der Waals surface area contributed by atoms with E-state index in [-0.39, 0.29) is 0 Å². The van der Waals surface area contributed by atoms with Crippen molar-refractivity contribution in [2.75, 3.05) is 18.1 Å². The Balaban J connectivity index is 1.91. The molecule has 0 bridgehead atoms. The fourth-order valence-corrected chi connectivity index (χ4v) is 2.63. The molecule has 0 atom stereocenters. The number of halogens is 1. The zero-order valence-electron chi connectivity index (χ0n) is 10.1. The molecule has 18 heavy (non-hydrogen) atoms. The van der Waals surface area contributed by atoms with E-state index in [4.69, 9.17) is 16.0 Å². The Hall–Kier alpha value is -0.900. The SMILES string of the molecule is C=CCSCCNCc1c(Cl)oc2ccccc12. The second-order valence-corrected chi connectivity index (χ2v) is 5.38. The van der Waals surface area contributed by atoms with Crippen LogP contribution < -0.4 is 5.32 Å². The van der Waals surface area contributed by atoms with Crippen molar-refractivity contribution < 1.29 is 4.42 Å². The summed E-state index contributed by atoms with van der Waals surface area (Å²) in [5.74, 6) is 2.07. The minimum atomic E-state index is 0.488. The van der Waals surface area contributed by atoms with Crippen LogP contribution in [0.3, 0.4) is 0 Å². The number of furan rings is 1. The number of fused-ring (bicyclic) bond motifs is 1. The largest absolute Gasteiger partial charge is 0.444 e. The lowest BCUT2D eigenvalue weighted by molar-refractivity contribution is 0.607. The molecule has 2 aromatic rings. The summed E-state index contributed by atoms with van der Waals surface area (Å²) >= 11 is 7.97. The molecular weight excluding hydrogens is 266 g/mol. The van der Waals surface area contributed by atoms with Gasteiger partial charge in [-0.1, -0.05) is 24.3 Å². The highest BCUT2D eigenvalue weighted by atomic mass is 35.5. The number of nitrogens with one attached hydrogen (secondary N) is 1. The van der Waals surface area contributed by atoms with Gasteiger partial charge in [0.15, 0.2) is 5.22 Å². The summed E-state index contributed by atoms with van der Waals surface area (Å²) in [5.41, 5.74) is 1.89. The molecule has 0 fully saturated rings. The summed E-state index contributed by atoms with van der Waals surface area (Å²) in [6.45, 7) is 5.39. The third-order valence-corrected chi connectivity index (χ3v) is 3.88. The van der Waals surface area contributed by atoms with Crippen molar-refractivity contribution in [3.63, 3.8) is 0 Å². The predicted octanol–water partition coefficient (Wildman–Crippen LogP) is 4.10. The average Bonchev–Trinajstić information content (AvgIpc) is 2.70. The maximum atomic E-state index is 6.11. The van der Waals surface area contributed by atoms with Crippen molar-refractivity contribution in [1.82, 2.24) is 5.32 Å². The van der Waals surface area contributed by atoms with Gasteiger partial charge in [0, 0.05) is 35.5 Å². The van der Waals surface area contributed by atoms with Crippen molar-refractivity contribution in [1.29, 1.82) is 0 Å². The van der Waals surface area contributed by atoms with E-state index in [0.29, 0.717) is 5.22 Å². The minimum Gasteiger partial charge on any atom is -0.444 e. The van der Waals surface area contributed by atoms with E-state index < -0.39 is 0 Å². The standard InChI is InChI=1S/C14H16ClNOS/c1-2-8-18-9-7-16-10-12-11-5-3-4-6-13(11)17-14(12)15/h2-6,16H,1,7-10H2. The number of thioether (sulfide) groups is 1. The first-order valence-corrected chi connectivity index (χ1v) is 7.41. The van der Waals surface area contributed by atoms with Crippen molar-refractivity contribution in [3.05, 3.63) is 47.7 Å². The number of para-hydroxylation sites is 1. The van der Waals surface area contributed by atoms with Crippen molar-refractivity contribution in [3.8, 4) is 0 Å². The molecule has 0 saturated carbocycles. The van der Waals surface area contributed by atoms with Crippen LogP contribution >= 0.6 is 23.4 Å². The van der Waals surface area contributed by atoms with E-state index in [2.05, 4.69) is 11.9 Å². The highest BCUT2D eigenvalue weighted by Gasteiger charge is 2.10. The molecular formula is C14H16ClNOS. The number of rotatable bonds is 7. The molecule has 96 valence electrons. The van der Waals surface area contributed by atoms with Crippen LogP contribution in [0.15, 0.2) is 41.3 Å². The Labute approximate surface area is 116 Å². The lowest BCUT2D eigenvalue weighted by atomic mass is 10.2. The summed E-state index contributed by atoms with van der Waals surface area (Å²) < 4.78 is 5.50. The molecule has 0 unspecified atom stereocenters. The molecule has 1 heterocycles. The molecule has 0 saturated heterocycles. The van der Waals surface area contributed by atoms with E-state index >= 15 is 0 Å². The maximum absolute atomic E-state index is 6.11. The van der Waals surface area contributed by atoms with Gasteiger partial charge in [-0.25, -0.2) is 0 Å². The summed E-state index contributed by atoms with van der Waals surface area (Å²) in [6.07, 6.45) is 1.92. The molecule has 2 rings (SSSR count). The summed E-state index contributed by atoms with van der Waals surface area (Å²) in [6, 6.07) is 7.92. The van der Waals surface area contributed by atoms with E-state index in [9.17, 15) is 0 Å². The van der Waals surface area contributed by atoms with Crippen LogP contribution in [0.5, 0.6) is 0 Å². The number of hydrogen-bond acceptors (Lipinski definition) is 3. The van der Waals surface area contributed by atoms with Crippen LogP contribution in [0.2, 0.25) is 5.22 Å². The zero-order valence-corrected chi connectivity index (χ0v) is 11.7. The van der Waals surface area contributed by atoms with E-state index in [1.165, 1.54) is 0 Å². The van der Waals surface area contributed by atoms with Crippen LogP contribution in [0, 0.1) is 0 Å². The van der Waals surface area contributed by atoms with Gasteiger partial charge < -0.3 is 9.73 Å². The Bertz CT molecular complexity index is 523. The first-order valence-electron chi connectivity index (χ1n) is 5.88. The minimum absolute atomic E-state index is 0.488. The first-order chi connectivity index (χ1) is 8.83. The molecule has 0 radical (unpaired) electrons.